The van der Waals surface area contributed by atoms with Gasteiger partial charge in [0.1, 0.15) is 5.75 Å². The van der Waals surface area contributed by atoms with Crippen LogP contribution in [0.25, 0.3) is 11.1 Å². The second-order valence-electron chi connectivity index (χ2n) is 6.90. The van der Waals surface area contributed by atoms with E-state index < -0.39 is 6.10 Å². The van der Waals surface area contributed by atoms with Crippen molar-refractivity contribution >= 4 is 28.6 Å². The monoisotopic (exact) mass is 420 g/mol. The van der Waals surface area contributed by atoms with E-state index in [0.29, 0.717) is 16.3 Å². The second-order valence-corrected chi connectivity index (χ2v) is 7.89. The maximum absolute atomic E-state index is 12.6. The van der Waals surface area contributed by atoms with Gasteiger partial charge in [-0.15, -0.1) is 0 Å². The third-order valence-corrected chi connectivity index (χ3v) is 5.47. The summed E-state index contributed by atoms with van der Waals surface area (Å²) in [5, 5.41) is 2.74. The standard InChI is InChI=1S/C24H24N2O3S/c1-17(29-20-15-13-19(14-16-20)18-9-5-4-6-10-18)23(27)25-21-11-7-8-12-22(21)30-24(28)26(2)3/h4-17H,1-3H3,(H,25,27). The van der Waals surface area contributed by atoms with E-state index in [1.807, 2.05) is 66.7 Å². The third kappa shape index (κ3) is 5.64. The highest BCUT2D eigenvalue weighted by molar-refractivity contribution is 8.13. The highest BCUT2D eigenvalue weighted by atomic mass is 32.2. The molecule has 3 rings (SSSR count). The average Bonchev–Trinajstić information content (AvgIpc) is 2.76. The minimum atomic E-state index is -0.699. The number of thioether (sulfide) groups is 1. The van der Waals surface area contributed by atoms with Gasteiger partial charge in [-0.2, -0.15) is 0 Å². The highest BCUT2D eigenvalue weighted by Gasteiger charge is 2.18. The minimum absolute atomic E-state index is 0.112. The number of nitrogens with one attached hydrogen (secondary N) is 1. The van der Waals surface area contributed by atoms with Crippen molar-refractivity contribution in [3.05, 3.63) is 78.9 Å². The zero-order valence-electron chi connectivity index (χ0n) is 17.2. The molecule has 3 aromatic rings. The number of hydrogen-bond donors (Lipinski definition) is 1. The van der Waals surface area contributed by atoms with Crippen LogP contribution in [0.1, 0.15) is 6.92 Å². The van der Waals surface area contributed by atoms with E-state index in [0.717, 1.165) is 22.9 Å². The molecular weight excluding hydrogens is 396 g/mol. The van der Waals surface area contributed by atoms with E-state index in [9.17, 15) is 9.59 Å². The quantitative estimate of drug-likeness (QED) is 0.533. The molecule has 1 unspecified atom stereocenters. The van der Waals surface area contributed by atoms with Gasteiger partial charge < -0.3 is 15.0 Å². The van der Waals surface area contributed by atoms with Crippen molar-refractivity contribution in [1.82, 2.24) is 4.90 Å². The van der Waals surface area contributed by atoms with Crippen LogP contribution in [0.3, 0.4) is 0 Å². The molecule has 5 nitrogen and oxygen atoms in total. The van der Waals surface area contributed by atoms with E-state index in [1.165, 1.54) is 4.90 Å². The van der Waals surface area contributed by atoms with E-state index in [1.54, 1.807) is 33.2 Å². The summed E-state index contributed by atoms with van der Waals surface area (Å²) < 4.78 is 5.80. The number of amides is 2. The van der Waals surface area contributed by atoms with Gasteiger partial charge in [-0.05, 0) is 54.1 Å². The lowest BCUT2D eigenvalue weighted by atomic mass is 10.1. The summed E-state index contributed by atoms with van der Waals surface area (Å²) in [6.07, 6.45) is -0.699. The van der Waals surface area contributed by atoms with Crippen LogP contribution < -0.4 is 10.1 Å². The number of ether oxygens (including phenoxy) is 1. The molecule has 0 aliphatic carbocycles. The molecule has 0 aromatic heterocycles. The van der Waals surface area contributed by atoms with Crippen LogP contribution in [0.4, 0.5) is 10.5 Å². The fourth-order valence-electron chi connectivity index (χ4n) is 2.69. The lowest BCUT2D eigenvalue weighted by Crippen LogP contribution is -2.30. The number of anilines is 1. The number of nitrogens with zero attached hydrogens (tertiary/aromatic N) is 1. The van der Waals surface area contributed by atoms with Crippen LogP contribution >= 0.6 is 11.8 Å². The summed E-state index contributed by atoms with van der Waals surface area (Å²) in [7, 11) is 3.38. The van der Waals surface area contributed by atoms with Gasteiger partial charge in [0.25, 0.3) is 11.1 Å². The van der Waals surface area contributed by atoms with Gasteiger partial charge in [0.05, 0.1) is 5.69 Å². The van der Waals surface area contributed by atoms with Gasteiger partial charge in [-0.3, -0.25) is 9.59 Å². The summed E-state index contributed by atoms with van der Waals surface area (Å²) >= 11 is 1.07. The molecule has 0 bridgehead atoms. The van der Waals surface area contributed by atoms with Gasteiger partial charge in [0.2, 0.25) is 0 Å². The van der Waals surface area contributed by atoms with Gasteiger partial charge in [0, 0.05) is 19.0 Å². The number of benzene rings is 3. The third-order valence-electron chi connectivity index (χ3n) is 4.35. The molecule has 154 valence electrons. The van der Waals surface area contributed by atoms with Crippen molar-refractivity contribution in [3.63, 3.8) is 0 Å². The fraction of sp³-hybridized carbons (Fsp3) is 0.167. The van der Waals surface area contributed by atoms with Crippen LogP contribution in [0.5, 0.6) is 5.75 Å². The molecule has 6 heteroatoms. The molecule has 0 spiro atoms. The Balaban J connectivity index is 1.63. The molecule has 0 aliphatic heterocycles. The lowest BCUT2D eigenvalue weighted by Gasteiger charge is -2.17. The fourth-order valence-corrected chi connectivity index (χ4v) is 3.44. The molecular formula is C24H24N2O3S. The van der Waals surface area contributed by atoms with Crippen molar-refractivity contribution in [2.75, 3.05) is 19.4 Å². The smallest absolute Gasteiger partial charge is 0.286 e. The number of rotatable bonds is 6. The first-order valence-corrected chi connectivity index (χ1v) is 10.4. The van der Waals surface area contributed by atoms with E-state index in [-0.39, 0.29) is 11.1 Å². The molecule has 30 heavy (non-hydrogen) atoms. The molecule has 0 heterocycles. The van der Waals surface area contributed by atoms with Gasteiger partial charge in [-0.1, -0.05) is 54.6 Å². The van der Waals surface area contributed by atoms with Crippen molar-refractivity contribution in [2.24, 2.45) is 0 Å². The van der Waals surface area contributed by atoms with Crippen LogP contribution in [-0.2, 0) is 4.79 Å². The lowest BCUT2D eigenvalue weighted by molar-refractivity contribution is -0.122. The van der Waals surface area contributed by atoms with Crippen molar-refractivity contribution in [2.45, 2.75) is 17.9 Å². The topological polar surface area (TPSA) is 58.6 Å². The molecule has 0 radical (unpaired) electrons. The second kappa shape index (κ2) is 9.98. The normalized spacial score (nSPS) is 11.4. The maximum Gasteiger partial charge on any atom is 0.286 e. The zero-order valence-corrected chi connectivity index (χ0v) is 18.0. The Morgan fingerprint density at radius 1 is 0.867 bits per heavy atom. The van der Waals surface area contributed by atoms with Gasteiger partial charge in [-0.25, -0.2) is 0 Å². The molecule has 0 saturated heterocycles. The largest absolute Gasteiger partial charge is 0.481 e. The first kappa shape index (κ1) is 21.5. The van der Waals surface area contributed by atoms with E-state index >= 15 is 0 Å². The Morgan fingerprint density at radius 3 is 2.13 bits per heavy atom. The van der Waals surface area contributed by atoms with Gasteiger partial charge in [0.15, 0.2) is 6.10 Å². The molecule has 0 fully saturated rings. The molecule has 1 N–H and O–H groups in total. The van der Waals surface area contributed by atoms with E-state index in [4.69, 9.17) is 4.74 Å². The maximum atomic E-state index is 12.6. The van der Waals surface area contributed by atoms with Crippen molar-refractivity contribution in [1.29, 1.82) is 0 Å². The van der Waals surface area contributed by atoms with Crippen LogP contribution in [-0.4, -0.2) is 36.2 Å². The molecule has 0 aliphatic rings. The Bertz CT molecular complexity index is 1000. The Labute approximate surface area is 181 Å². The molecule has 2 amide bonds. The number of carbonyl (C=O) groups excluding carboxylic acids is 2. The SMILES string of the molecule is CC(Oc1ccc(-c2ccccc2)cc1)C(=O)Nc1ccccc1SC(=O)N(C)C. The molecule has 0 saturated carbocycles. The number of carbonyl (C=O) groups is 2. The predicted molar refractivity (Wildman–Crippen MR) is 122 cm³/mol. The van der Waals surface area contributed by atoms with Gasteiger partial charge >= 0.3 is 0 Å². The molecule has 3 aromatic carbocycles. The van der Waals surface area contributed by atoms with Crippen LogP contribution in [0.2, 0.25) is 0 Å². The van der Waals surface area contributed by atoms with E-state index in [2.05, 4.69) is 5.32 Å². The zero-order chi connectivity index (χ0) is 21.5. The Morgan fingerprint density at radius 2 is 1.47 bits per heavy atom. The number of hydrogen-bond acceptors (Lipinski definition) is 4. The number of para-hydroxylation sites is 1. The Hall–Kier alpha value is -3.25. The first-order chi connectivity index (χ1) is 14.4. The summed E-state index contributed by atoms with van der Waals surface area (Å²) in [6.45, 7) is 1.70. The summed E-state index contributed by atoms with van der Waals surface area (Å²) in [5.41, 5.74) is 2.78. The van der Waals surface area contributed by atoms with Crippen LogP contribution in [0, 0.1) is 0 Å². The Kier molecular flexibility index (Phi) is 7.14. The minimum Gasteiger partial charge on any atom is -0.481 e. The average molecular weight is 421 g/mol. The summed E-state index contributed by atoms with van der Waals surface area (Å²) in [6, 6.07) is 24.9. The van der Waals surface area contributed by atoms with Crippen LogP contribution in [0.15, 0.2) is 83.8 Å². The van der Waals surface area contributed by atoms with Crippen molar-refractivity contribution in [3.8, 4) is 16.9 Å². The summed E-state index contributed by atoms with van der Waals surface area (Å²) in [4.78, 5) is 26.8. The molecule has 1 atom stereocenters. The predicted octanol–water partition coefficient (Wildman–Crippen LogP) is 5.53. The summed E-state index contributed by atoms with van der Waals surface area (Å²) in [5.74, 6) is 0.329. The first-order valence-electron chi connectivity index (χ1n) is 9.55. The van der Waals surface area contributed by atoms with Crippen molar-refractivity contribution < 1.29 is 14.3 Å². The highest BCUT2D eigenvalue weighted by Crippen LogP contribution is 2.29.